The number of sulfonamides is 1. The summed E-state index contributed by atoms with van der Waals surface area (Å²) in [5.74, 6) is -0.698. The molecule has 1 fully saturated rings. The molecule has 0 spiro atoms. The van der Waals surface area contributed by atoms with Crippen molar-refractivity contribution in [2.24, 2.45) is 0 Å². The zero-order valence-corrected chi connectivity index (χ0v) is 17.7. The third-order valence-electron chi connectivity index (χ3n) is 5.12. The van der Waals surface area contributed by atoms with Crippen LogP contribution in [0.4, 0.5) is 4.39 Å². The molecule has 1 saturated heterocycles. The Kier molecular flexibility index (Phi) is 8.08. The number of aromatic nitrogens is 1. The summed E-state index contributed by atoms with van der Waals surface area (Å²) in [5, 5.41) is 12.5. The van der Waals surface area contributed by atoms with Gasteiger partial charge >= 0.3 is 0 Å². The fourth-order valence-corrected chi connectivity index (χ4v) is 4.77. The van der Waals surface area contributed by atoms with Gasteiger partial charge in [-0.3, -0.25) is 9.78 Å². The number of rotatable bonds is 9. The third kappa shape index (κ3) is 6.79. The van der Waals surface area contributed by atoms with Gasteiger partial charge in [-0.05, 0) is 61.2 Å². The van der Waals surface area contributed by atoms with Crippen molar-refractivity contribution in [3.8, 4) is 0 Å². The summed E-state index contributed by atoms with van der Waals surface area (Å²) >= 11 is 0. The predicted octanol–water partition coefficient (Wildman–Crippen LogP) is 1.16. The standard InChI is InChI=1S/C21H26FN3O5S/c22-16-1-4-18(5-2-16)31(28,29)25-19-6-3-17(30-20(19)14-26)13-21(27)24-12-9-15-7-10-23-11-8-15/h1-2,4-5,7-8,10-11,17,19-20,25-26H,3,6,9,12-14H2,(H,24,27)/t17-,19-,20-/m1/s1. The molecule has 1 amide bonds. The molecule has 0 radical (unpaired) electrons. The van der Waals surface area contributed by atoms with E-state index in [1.54, 1.807) is 12.4 Å². The second-order valence-electron chi connectivity index (χ2n) is 7.40. The summed E-state index contributed by atoms with van der Waals surface area (Å²) < 4.78 is 46.4. The fourth-order valence-electron chi connectivity index (χ4n) is 3.47. The van der Waals surface area contributed by atoms with Crippen molar-refractivity contribution in [1.29, 1.82) is 0 Å². The molecule has 8 nitrogen and oxygen atoms in total. The van der Waals surface area contributed by atoms with E-state index in [4.69, 9.17) is 4.74 Å². The van der Waals surface area contributed by atoms with Gasteiger partial charge in [0, 0.05) is 18.9 Å². The normalized spacial score (nSPS) is 21.5. The smallest absolute Gasteiger partial charge is 0.240 e. The van der Waals surface area contributed by atoms with Gasteiger partial charge in [-0.15, -0.1) is 0 Å². The number of amides is 1. The Morgan fingerprint density at radius 3 is 2.55 bits per heavy atom. The Hall–Kier alpha value is -2.40. The van der Waals surface area contributed by atoms with Crippen LogP contribution in [0.5, 0.6) is 0 Å². The molecule has 2 aromatic rings. The van der Waals surface area contributed by atoms with Crippen LogP contribution in [0, 0.1) is 5.82 Å². The van der Waals surface area contributed by atoms with Gasteiger partial charge in [-0.25, -0.2) is 17.5 Å². The molecule has 3 rings (SSSR count). The number of carbonyl (C=O) groups excluding carboxylic acids is 1. The number of hydrogen-bond acceptors (Lipinski definition) is 6. The number of pyridine rings is 1. The van der Waals surface area contributed by atoms with E-state index >= 15 is 0 Å². The van der Waals surface area contributed by atoms with Gasteiger partial charge in [0.25, 0.3) is 0 Å². The lowest BCUT2D eigenvalue weighted by molar-refractivity contribution is -0.130. The molecule has 168 valence electrons. The van der Waals surface area contributed by atoms with Crippen molar-refractivity contribution in [3.05, 3.63) is 60.2 Å². The topological polar surface area (TPSA) is 118 Å². The first-order valence-corrected chi connectivity index (χ1v) is 11.6. The number of nitrogens with one attached hydrogen (secondary N) is 2. The van der Waals surface area contributed by atoms with Gasteiger partial charge in [0.15, 0.2) is 0 Å². The zero-order chi connectivity index (χ0) is 22.3. The lowest BCUT2D eigenvalue weighted by atomic mass is 9.98. The van der Waals surface area contributed by atoms with Gasteiger partial charge in [-0.2, -0.15) is 0 Å². The number of halogens is 1. The zero-order valence-electron chi connectivity index (χ0n) is 16.9. The number of aliphatic hydroxyl groups excluding tert-OH is 1. The Balaban J connectivity index is 1.48. The minimum atomic E-state index is -3.89. The molecule has 0 saturated carbocycles. The molecule has 0 unspecified atom stereocenters. The number of aliphatic hydroxyl groups is 1. The van der Waals surface area contributed by atoms with Crippen molar-refractivity contribution < 1.29 is 27.4 Å². The second kappa shape index (κ2) is 10.8. The SMILES string of the molecule is O=C(C[C@H]1CC[C@@H](NS(=O)(=O)c2ccc(F)cc2)[C@@H](CO)O1)NCCc1ccncc1. The molecule has 1 aromatic heterocycles. The monoisotopic (exact) mass is 451 g/mol. The van der Waals surface area contributed by atoms with E-state index in [0.717, 1.165) is 17.7 Å². The molecular weight excluding hydrogens is 425 g/mol. The van der Waals surface area contributed by atoms with Gasteiger partial charge in [0.2, 0.25) is 15.9 Å². The van der Waals surface area contributed by atoms with E-state index in [1.807, 2.05) is 12.1 Å². The first-order chi connectivity index (χ1) is 14.9. The first kappa shape index (κ1) is 23.3. The maximum Gasteiger partial charge on any atom is 0.240 e. The van der Waals surface area contributed by atoms with Gasteiger partial charge < -0.3 is 15.2 Å². The summed E-state index contributed by atoms with van der Waals surface area (Å²) in [5.41, 5.74) is 1.07. The van der Waals surface area contributed by atoms with Crippen LogP contribution >= 0.6 is 0 Å². The molecule has 0 bridgehead atoms. The lowest BCUT2D eigenvalue weighted by Gasteiger charge is -2.35. The van der Waals surface area contributed by atoms with Crippen LogP contribution in [0.25, 0.3) is 0 Å². The highest BCUT2D eigenvalue weighted by atomic mass is 32.2. The summed E-state index contributed by atoms with van der Waals surface area (Å²) in [6.45, 7) is 0.0931. The fraction of sp³-hybridized carbons (Fsp3) is 0.429. The van der Waals surface area contributed by atoms with E-state index in [2.05, 4.69) is 15.0 Å². The van der Waals surface area contributed by atoms with Crippen molar-refractivity contribution in [3.63, 3.8) is 0 Å². The van der Waals surface area contributed by atoms with Crippen LogP contribution in [0.1, 0.15) is 24.8 Å². The third-order valence-corrected chi connectivity index (χ3v) is 6.63. The average molecular weight is 452 g/mol. The van der Waals surface area contributed by atoms with Crippen LogP contribution in [-0.2, 0) is 26.0 Å². The van der Waals surface area contributed by atoms with E-state index < -0.39 is 40.7 Å². The van der Waals surface area contributed by atoms with Crippen LogP contribution in [0.3, 0.4) is 0 Å². The van der Waals surface area contributed by atoms with Crippen LogP contribution in [0.2, 0.25) is 0 Å². The summed E-state index contributed by atoms with van der Waals surface area (Å²) in [4.78, 5) is 16.1. The number of hydrogen-bond donors (Lipinski definition) is 3. The molecule has 0 aliphatic carbocycles. The molecule has 3 N–H and O–H groups in total. The van der Waals surface area contributed by atoms with Gasteiger partial charge in [0.1, 0.15) is 5.82 Å². The molecular formula is C21H26FN3O5S. The van der Waals surface area contributed by atoms with Crippen LogP contribution in [-0.4, -0.2) is 55.8 Å². The minimum absolute atomic E-state index is 0.0683. The number of carbonyl (C=O) groups is 1. The van der Waals surface area contributed by atoms with E-state index in [1.165, 1.54) is 12.1 Å². The maximum atomic E-state index is 13.1. The molecule has 1 aliphatic rings. The Morgan fingerprint density at radius 2 is 1.87 bits per heavy atom. The average Bonchev–Trinajstić information content (AvgIpc) is 2.75. The number of ether oxygens (including phenoxy) is 1. The summed E-state index contributed by atoms with van der Waals surface area (Å²) in [7, 11) is -3.89. The molecule has 31 heavy (non-hydrogen) atoms. The quantitative estimate of drug-likeness (QED) is 0.527. The van der Waals surface area contributed by atoms with Crippen LogP contribution in [0.15, 0.2) is 53.7 Å². The summed E-state index contributed by atoms with van der Waals surface area (Å²) in [6.07, 6.45) is 3.89. The van der Waals surface area contributed by atoms with Crippen molar-refractivity contribution in [2.75, 3.05) is 13.2 Å². The highest BCUT2D eigenvalue weighted by Gasteiger charge is 2.34. The van der Waals surface area contributed by atoms with Gasteiger partial charge in [-0.1, -0.05) is 0 Å². The van der Waals surface area contributed by atoms with E-state index in [-0.39, 0.29) is 17.2 Å². The highest BCUT2D eigenvalue weighted by molar-refractivity contribution is 7.89. The van der Waals surface area contributed by atoms with Crippen LogP contribution < -0.4 is 10.0 Å². The first-order valence-electron chi connectivity index (χ1n) is 10.1. The van der Waals surface area contributed by atoms with E-state index in [9.17, 15) is 22.7 Å². The molecule has 10 heteroatoms. The Morgan fingerprint density at radius 1 is 1.16 bits per heavy atom. The highest BCUT2D eigenvalue weighted by Crippen LogP contribution is 2.23. The minimum Gasteiger partial charge on any atom is -0.394 e. The molecule has 3 atom stereocenters. The van der Waals surface area contributed by atoms with Crippen molar-refractivity contribution in [1.82, 2.24) is 15.0 Å². The lowest BCUT2D eigenvalue weighted by Crippen LogP contribution is -2.51. The summed E-state index contributed by atoms with van der Waals surface area (Å²) in [6, 6.07) is 7.61. The Labute approximate surface area is 180 Å². The number of nitrogens with zero attached hydrogens (tertiary/aromatic N) is 1. The molecule has 1 aliphatic heterocycles. The van der Waals surface area contributed by atoms with E-state index in [0.29, 0.717) is 25.8 Å². The molecule has 1 aromatic carbocycles. The Bertz CT molecular complexity index is 957. The van der Waals surface area contributed by atoms with Crippen molar-refractivity contribution in [2.45, 2.75) is 48.8 Å². The van der Waals surface area contributed by atoms with Crippen molar-refractivity contribution >= 4 is 15.9 Å². The molecule has 2 heterocycles. The largest absolute Gasteiger partial charge is 0.394 e. The maximum absolute atomic E-state index is 13.1. The second-order valence-corrected chi connectivity index (χ2v) is 9.11. The van der Waals surface area contributed by atoms with Gasteiger partial charge in [0.05, 0.1) is 36.2 Å². The number of benzene rings is 1. The predicted molar refractivity (Wildman–Crippen MR) is 111 cm³/mol.